The van der Waals surface area contributed by atoms with Gasteiger partial charge in [0.25, 0.3) is 0 Å². The van der Waals surface area contributed by atoms with E-state index >= 15 is 0 Å². The van der Waals surface area contributed by atoms with Gasteiger partial charge in [-0.05, 0) is 30.3 Å². The van der Waals surface area contributed by atoms with Crippen LogP contribution in [0.3, 0.4) is 0 Å². The van der Waals surface area contributed by atoms with Crippen LogP contribution in [-0.4, -0.2) is 7.11 Å². The van der Waals surface area contributed by atoms with Gasteiger partial charge >= 0.3 is 0 Å². The summed E-state index contributed by atoms with van der Waals surface area (Å²) in [4.78, 5) is 0. The summed E-state index contributed by atoms with van der Waals surface area (Å²) in [5.74, 6) is 0.242. The number of anilines is 2. The Balaban J connectivity index is 2.36. The zero-order valence-electron chi connectivity index (χ0n) is 10.1. The number of rotatable bonds is 3. The van der Waals surface area contributed by atoms with Crippen molar-refractivity contribution in [2.24, 2.45) is 0 Å². The first-order valence-electron chi connectivity index (χ1n) is 5.43. The molecular weight excluding hydrogens is 311 g/mol. The predicted octanol–water partition coefficient (Wildman–Crippen LogP) is 4.21. The van der Waals surface area contributed by atoms with Crippen LogP contribution in [0.25, 0.3) is 0 Å². The number of nitrogens with one attached hydrogen (secondary N) is 1. The highest BCUT2D eigenvalue weighted by molar-refractivity contribution is 9.10. The van der Waals surface area contributed by atoms with E-state index in [0.29, 0.717) is 11.4 Å². The molecule has 0 fully saturated rings. The van der Waals surface area contributed by atoms with Crippen LogP contribution in [-0.2, 0) is 0 Å². The largest absolute Gasteiger partial charge is 0.497 e. The van der Waals surface area contributed by atoms with Gasteiger partial charge in [-0.3, -0.25) is 0 Å². The van der Waals surface area contributed by atoms with Gasteiger partial charge in [-0.15, -0.1) is 0 Å². The second-order valence-corrected chi connectivity index (χ2v) is 4.72. The summed E-state index contributed by atoms with van der Waals surface area (Å²) in [6, 6.07) is 11.4. The molecular formula is C14H10BrFN2O. The van der Waals surface area contributed by atoms with Crippen molar-refractivity contribution in [3.63, 3.8) is 0 Å². The van der Waals surface area contributed by atoms with E-state index in [4.69, 9.17) is 10.00 Å². The zero-order chi connectivity index (χ0) is 13.8. The van der Waals surface area contributed by atoms with Gasteiger partial charge in [0.05, 0.1) is 18.4 Å². The monoisotopic (exact) mass is 320 g/mol. The molecule has 3 nitrogen and oxygen atoms in total. The summed E-state index contributed by atoms with van der Waals surface area (Å²) in [5.41, 5.74) is 1.54. The van der Waals surface area contributed by atoms with Crippen LogP contribution in [0.2, 0.25) is 0 Å². The molecule has 0 aliphatic heterocycles. The van der Waals surface area contributed by atoms with E-state index in [2.05, 4.69) is 21.2 Å². The lowest BCUT2D eigenvalue weighted by Gasteiger charge is -2.10. The molecule has 96 valence electrons. The third-order valence-corrected chi connectivity index (χ3v) is 2.95. The Morgan fingerprint density at radius 1 is 1.26 bits per heavy atom. The van der Waals surface area contributed by atoms with Crippen molar-refractivity contribution in [1.29, 1.82) is 5.26 Å². The first kappa shape index (κ1) is 13.4. The predicted molar refractivity (Wildman–Crippen MR) is 75.1 cm³/mol. The molecule has 0 saturated heterocycles. The Morgan fingerprint density at radius 3 is 2.74 bits per heavy atom. The second kappa shape index (κ2) is 5.72. The third-order valence-electron chi connectivity index (χ3n) is 2.49. The van der Waals surface area contributed by atoms with Gasteiger partial charge in [-0.1, -0.05) is 15.9 Å². The minimum atomic E-state index is -0.436. The average Bonchev–Trinajstić information content (AvgIpc) is 2.40. The van der Waals surface area contributed by atoms with Crippen LogP contribution in [0.1, 0.15) is 5.56 Å². The number of hydrogen-bond acceptors (Lipinski definition) is 3. The molecule has 0 aliphatic carbocycles. The number of nitriles is 1. The topological polar surface area (TPSA) is 45.0 Å². The van der Waals surface area contributed by atoms with Gasteiger partial charge in [-0.25, -0.2) is 4.39 Å². The Morgan fingerprint density at radius 2 is 2.05 bits per heavy atom. The molecule has 2 aromatic carbocycles. The fourth-order valence-corrected chi connectivity index (χ4v) is 2.10. The van der Waals surface area contributed by atoms with Crippen LogP contribution in [0.5, 0.6) is 5.75 Å². The molecule has 0 spiro atoms. The molecule has 0 saturated carbocycles. The van der Waals surface area contributed by atoms with Crippen LogP contribution < -0.4 is 10.1 Å². The SMILES string of the molecule is COc1cc(Br)cc(Nc2ccc(F)cc2C#N)c1. The van der Waals surface area contributed by atoms with E-state index in [0.717, 1.165) is 10.2 Å². The lowest BCUT2D eigenvalue weighted by atomic mass is 10.2. The normalized spacial score (nSPS) is 9.79. The second-order valence-electron chi connectivity index (χ2n) is 3.81. The number of hydrogen-bond donors (Lipinski definition) is 1. The number of methoxy groups -OCH3 is 1. The summed E-state index contributed by atoms with van der Waals surface area (Å²) in [7, 11) is 1.57. The molecule has 19 heavy (non-hydrogen) atoms. The molecule has 0 amide bonds. The summed E-state index contributed by atoms with van der Waals surface area (Å²) in [6.07, 6.45) is 0. The molecule has 0 bridgehead atoms. The molecule has 1 N–H and O–H groups in total. The molecule has 0 atom stereocenters. The summed E-state index contributed by atoms with van der Waals surface area (Å²) in [5, 5.41) is 12.1. The molecule has 0 radical (unpaired) electrons. The van der Waals surface area contributed by atoms with Crippen LogP contribution in [0, 0.1) is 17.1 Å². The average molecular weight is 321 g/mol. The number of halogens is 2. The standard InChI is InChI=1S/C14H10BrFN2O/c1-19-13-6-10(15)5-12(7-13)18-14-3-2-11(16)4-9(14)8-17/h2-7,18H,1H3. The molecule has 0 aromatic heterocycles. The van der Waals surface area contributed by atoms with Crippen LogP contribution >= 0.6 is 15.9 Å². The number of nitrogens with zero attached hydrogens (tertiary/aromatic N) is 1. The smallest absolute Gasteiger partial charge is 0.124 e. The lowest BCUT2D eigenvalue weighted by Crippen LogP contribution is -1.95. The zero-order valence-corrected chi connectivity index (χ0v) is 11.7. The molecule has 2 rings (SSSR count). The van der Waals surface area contributed by atoms with Crippen LogP contribution in [0.15, 0.2) is 40.9 Å². The van der Waals surface area contributed by atoms with E-state index in [-0.39, 0.29) is 5.56 Å². The van der Waals surface area contributed by atoms with Gasteiger partial charge in [0.15, 0.2) is 0 Å². The highest BCUT2D eigenvalue weighted by atomic mass is 79.9. The fraction of sp³-hybridized carbons (Fsp3) is 0.0714. The van der Waals surface area contributed by atoms with Crippen molar-refractivity contribution in [3.8, 4) is 11.8 Å². The Labute approximate surface area is 118 Å². The van der Waals surface area contributed by atoms with Gasteiger partial charge in [-0.2, -0.15) is 5.26 Å². The fourth-order valence-electron chi connectivity index (χ4n) is 1.63. The summed E-state index contributed by atoms with van der Waals surface area (Å²) < 4.78 is 19.0. The minimum absolute atomic E-state index is 0.249. The number of benzene rings is 2. The Hall–Kier alpha value is -2.06. The van der Waals surface area contributed by atoms with Gasteiger partial charge in [0, 0.05) is 16.2 Å². The van der Waals surface area contributed by atoms with E-state index in [9.17, 15) is 4.39 Å². The van der Waals surface area contributed by atoms with Crippen molar-refractivity contribution in [2.75, 3.05) is 12.4 Å². The molecule has 5 heteroatoms. The summed E-state index contributed by atoms with van der Waals surface area (Å²) >= 11 is 3.37. The maximum Gasteiger partial charge on any atom is 0.124 e. The lowest BCUT2D eigenvalue weighted by molar-refractivity contribution is 0.415. The Bertz CT molecular complexity index is 652. The van der Waals surface area contributed by atoms with E-state index in [1.807, 2.05) is 18.2 Å². The third kappa shape index (κ3) is 3.24. The van der Waals surface area contributed by atoms with Gasteiger partial charge < -0.3 is 10.1 Å². The molecule has 0 unspecified atom stereocenters. The van der Waals surface area contributed by atoms with Gasteiger partial charge in [0.1, 0.15) is 17.6 Å². The first-order valence-corrected chi connectivity index (χ1v) is 6.23. The highest BCUT2D eigenvalue weighted by Crippen LogP contribution is 2.28. The molecule has 2 aromatic rings. The van der Waals surface area contributed by atoms with E-state index in [1.165, 1.54) is 18.2 Å². The van der Waals surface area contributed by atoms with Crippen molar-refractivity contribution in [2.45, 2.75) is 0 Å². The first-order chi connectivity index (χ1) is 9.12. The maximum atomic E-state index is 13.0. The van der Waals surface area contributed by atoms with Crippen molar-refractivity contribution < 1.29 is 9.13 Å². The van der Waals surface area contributed by atoms with E-state index < -0.39 is 5.82 Å². The summed E-state index contributed by atoms with van der Waals surface area (Å²) in [6.45, 7) is 0. The van der Waals surface area contributed by atoms with Crippen molar-refractivity contribution >= 4 is 27.3 Å². The van der Waals surface area contributed by atoms with Crippen molar-refractivity contribution in [3.05, 3.63) is 52.3 Å². The van der Waals surface area contributed by atoms with Crippen LogP contribution in [0.4, 0.5) is 15.8 Å². The van der Waals surface area contributed by atoms with Crippen molar-refractivity contribution in [1.82, 2.24) is 0 Å². The van der Waals surface area contributed by atoms with Gasteiger partial charge in [0.2, 0.25) is 0 Å². The molecule has 0 aliphatic rings. The number of ether oxygens (including phenoxy) is 1. The maximum absolute atomic E-state index is 13.0. The minimum Gasteiger partial charge on any atom is -0.497 e. The van der Waals surface area contributed by atoms with E-state index in [1.54, 1.807) is 13.2 Å². The quantitative estimate of drug-likeness (QED) is 0.921. The highest BCUT2D eigenvalue weighted by Gasteiger charge is 2.05. The Kier molecular flexibility index (Phi) is 4.03. The molecule has 0 heterocycles.